The van der Waals surface area contributed by atoms with Gasteiger partial charge in [0.15, 0.2) is 0 Å². The first kappa shape index (κ1) is 22.6. The van der Waals surface area contributed by atoms with Crippen molar-refractivity contribution in [3.05, 3.63) is 118 Å². The molecule has 1 atom stereocenters. The zero-order valence-corrected chi connectivity index (χ0v) is 19.3. The topological polar surface area (TPSA) is 75.6 Å². The third-order valence-electron chi connectivity index (χ3n) is 5.38. The van der Waals surface area contributed by atoms with Gasteiger partial charge in [0, 0.05) is 4.47 Å². The summed E-state index contributed by atoms with van der Waals surface area (Å²) in [6.45, 7) is 0.313. The quantitative estimate of drug-likeness (QED) is 0.438. The van der Waals surface area contributed by atoms with E-state index in [-0.39, 0.29) is 5.57 Å². The Morgan fingerprint density at radius 3 is 2.36 bits per heavy atom. The summed E-state index contributed by atoms with van der Waals surface area (Å²) in [6.07, 6.45) is 3.74. The number of carbonyl (C=O) groups excluding carboxylic acids is 1. The minimum Gasteiger partial charge on any atom is -0.488 e. The average Bonchev–Trinajstić information content (AvgIpc) is 2.84. The van der Waals surface area contributed by atoms with E-state index in [1.807, 2.05) is 60.7 Å². The van der Waals surface area contributed by atoms with Crippen LogP contribution in [-0.2, 0) is 11.4 Å². The van der Waals surface area contributed by atoms with Gasteiger partial charge < -0.3 is 15.2 Å². The van der Waals surface area contributed by atoms with Crippen LogP contribution in [0.5, 0.6) is 5.75 Å². The second-order valence-electron chi connectivity index (χ2n) is 7.63. The van der Waals surface area contributed by atoms with Crippen LogP contribution in [0.25, 0.3) is 5.57 Å². The van der Waals surface area contributed by atoms with Crippen molar-refractivity contribution in [3.63, 3.8) is 0 Å². The number of carbonyl (C=O) groups is 2. The van der Waals surface area contributed by atoms with E-state index in [9.17, 15) is 14.7 Å². The SMILES string of the molecule is O=C(O)C1=CC=C(c2ccccc2)CC1NC(=O)c1cc(Br)ccc1OCc1ccccc1. The number of carboxylic acids is 1. The molecule has 166 valence electrons. The Labute approximate surface area is 200 Å². The lowest BCUT2D eigenvalue weighted by atomic mass is 9.89. The van der Waals surface area contributed by atoms with E-state index in [0.29, 0.717) is 24.3 Å². The Hall–Kier alpha value is -3.64. The molecule has 0 spiro atoms. The lowest BCUT2D eigenvalue weighted by Crippen LogP contribution is -2.39. The molecule has 1 aliphatic rings. The van der Waals surface area contributed by atoms with Crippen LogP contribution in [-0.4, -0.2) is 23.0 Å². The first-order chi connectivity index (χ1) is 16.0. The van der Waals surface area contributed by atoms with Gasteiger partial charge in [0.05, 0.1) is 17.2 Å². The zero-order valence-electron chi connectivity index (χ0n) is 17.7. The molecule has 2 N–H and O–H groups in total. The first-order valence-corrected chi connectivity index (χ1v) is 11.3. The second-order valence-corrected chi connectivity index (χ2v) is 8.55. The molecule has 1 aliphatic carbocycles. The molecule has 3 aromatic carbocycles. The van der Waals surface area contributed by atoms with Crippen molar-refractivity contribution in [2.75, 3.05) is 0 Å². The molecule has 1 unspecified atom stereocenters. The van der Waals surface area contributed by atoms with Crippen LogP contribution in [0.3, 0.4) is 0 Å². The number of rotatable bonds is 7. The van der Waals surface area contributed by atoms with Crippen LogP contribution in [0.1, 0.15) is 27.9 Å². The Balaban J connectivity index is 1.55. The third kappa shape index (κ3) is 5.59. The van der Waals surface area contributed by atoms with E-state index in [1.54, 1.807) is 30.4 Å². The maximum absolute atomic E-state index is 13.3. The van der Waals surface area contributed by atoms with Crippen LogP contribution in [0.2, 0.25) is 0 Å². The highest BCUT2D eigenvalue weighted by atomic mass is 79.9. The molecule has 5 nitrogen and oxygen atoms in total. The van der Waals surface area contributed by atoms with Crippen LogP contribution < -0.4 is 10.1 Å². The number of nitrogens with one attached hydrogen (secondary N) is 1. The van der Waals surface area contributed by atoms with Crippen LogP contribution >= 0.6 is 15.9 Å². The number of carboxylic acid groups (broad SMARTS) is 1. The fraction of sp³-hybridized carbons (Fsp3) is 0.111. The number of hydrogen-bond donors (Lipinski definition) is 2. The molecular formula is C27H22BrNO4. The summed E-state index contributed by atoms with van der Waals surface area (Å²) >= 11 is 3.41. The first-order valence-electron chi connectivity index (χ1n) is 10.5. The molecular weight excluding hydrogens is 482 g/mol. The molecule has 0 heterocycles. The molecule has 0 saturated carbocycles. The monoisotopic (exact) mass is 503 g/mol. The summed E-state index contributed by atoms with van der Waals surface area (Å²) in [4.78, 5) is 25.1. The molecule has 0 saturated heterocycles. The van der Waals surface area contributed by atoms with Crippen LogP contribution in [0, 0.1) is 0 Å². The fourth-order valence-electron chi connectivity index (χ4n) is 3.70. The van der Waals surface area contributed by atoms with E-state index >= 15 is 0 Å². The van der Waals surface area contributed by atoms with Crippen LogP contribution in [0.4, 0.5) is 0 Å². The highest BCUT2D eigenvalue weighted by molar-refractivity contribution is 9.10. The molecule has 0 fully saturated rings. The predicted octanol–water partition coefficient (Wildman–Crippen LogP) is 5.62. The maximum Gasteiger partial charge on any atom is 0.333 e. The van der Waals surface area contributed by atoms with Gasteiger partial charge >= 0.3 is 5.97 Å². The Morgan fingerprint density at radius 1 is 0.970 bits per heavy atom. The van der Waals surface area contributed by atoms with E-state index in [1.165, 1.54) is 0 Å². The number of hydrogen-bond acceptors (Lipinski definition) is 3. The Kier molecular flexibility index (Phi) is 7.05. The van der Waals surface area contributed by atoms with E-state index in [4.69, 9.17) is 4.74 Å². The largest absolute Gasteiger partial charge is 0.488 e. The molecule has 0 aromatic heterocycles. The average molecular weight is 504 g/mol. The van der Waals surface area contributed by atoms with Gasteiger partial charge in [-0.05, 0) is 47.4 Å². The summed E-state index contributed by atoms with van der Waals surface area (Å²) in [7, 11) is 0. The number of ether oxygens (including phenoxy) is 1. The van der Waals surface area contributed by atoms with Crippen molar-refractivity contribution >= 4 is 33.4 Å². The smallest absolute Gasteiger partial charge is 0.333 e. The minimum absolute atomic E-state index is 0.143. The minimum atomic E-state index is -1.06. The molecule has 33 heavy (non-hydrogen) atoms. The zero-order chi connectivity index (χ0) is 23.2. The van der Waals surface area contributed by atoms with Gasteiger partial charge in [0.25, 0.3) is 5.91 Å². The standard InChI is InChI=1S/C27H22BrNO4/c28-21-12-14-25(33-17-18-7-3-1-4-8-18)23(16-21)26(30)29-24-15-20(11-13-22(24)27(31)32)19-9-5-2-6-10-19/h1-14,16,24H,15,17H2,(H,29,30)(H,31,32). The number of halogens is 1. The highest BCUT2D eigenvalue weighted by Gasteiger charge is 2.27. The normalized spacial score (nSPS) is 15.2. The number of aliphatic carboxylic acids is 1. The Bertz CT molecular complexity index is 1220. The van der Waals surface area contributed by atoms with Crippen LogP contribution in [0.15, 0.2) is 101 Å². The van der Waals surface area contributed by atoms with Crippen molar-refractivity contribution in [2.45, 2.75) is 19.1 Å². The lowest BCUT2D eigenvalue weighted by Gasteiger charge is -2.25. The summed E-state index contributed by atoms with van der Waals surface area (Å²) in [6, 6.07) is 23.9. The van der Waals surface area contributed by atoms with Gasteiger partial charge in [0.2, 0.25) is 0 Å². The molecule has 3 aromatic rings. The number of benzene rings is 3. The summed E-state index contributed by atoms with van der Waals surface area (Å²) in [5.41, 5.74) is 3.41. The molecule has 4 rings (SSSR count). The third-order valence-corrected chi connectivity index (χ3v) is 5.88. The summed E-state index contributed by atoms with van der Waals surface area (Å²) < 4.78 is 6.65. The fourth-order valence-corrected chi connectivity index (χ4v) is 4.06. The van der Waals surface area contributed by atoms with Gasteiger partial charge in [0.1, 0.15) is 12.4 Å². The van der Waals surface area contributed by atoms with E-state index < -0.39 is 17.9 Å². The molecule has 6 heteroatoms. The van der Waals surface area contributed by atoms with Gasteiger partial charge in [-0.15, -0.1) is 0 Å². The lowest BCUT2D eigenvalue weighted by molar-refractivity contribution is -0.133. The number of allylic oxidation sites excluding steroid dienone is 2. The number of amides is 1. The van der Waals surface area contributed by atoms with Gasteiger partial charge in [-0.2, -0.15) is 0 Å². The molecule has 0 bridgehead atoms. The summed E-state index contributed by atoms with van der Waals surface area (Å²) in [5.74, 6) is -1.03. The molecule has 1 amide bonds. The molecule has 0 radical (unpaired) electrons. The highest BCUT2D eigenvalue weighted by Crippen LogP contribution is 2.29. The maximum atomic E-state index is 13.3. The van der Waals surface area contributed by atoms with Gasteiger partial charge in [-0.25, -0.2) is 4.79 Å². The van der Waals surface area contributed by atoms with Crippen molar-refractivity contribution in [1.29, 1.82) is 0 Å². The van der Waals surface area contributed by atoms with Crippen molar-refractivity contribution in [1.82, 2.24) is 5.32 Å². The van der Waals surface area contributed by atoms with Gasteiger partial charge in [-0.1, -0.05) is 82.7 Å². The Morgan fingerprint density at radius 2 is 1.67 bits per heavy atom. The van der Waals surface area contributed by atoms with Gasteiger partial charge in [-0.3, -0.25) is 4.79 Å². The van der Waals surface area contributed by atoms with Crippen molar-refractivity contribution in [2.24, 2.45) is 0 Å². The summed E-state index contributed by atoms with van der Waals surface area (Å²) in [5, 5.41) is 12.6. The van der Waals surface area contributed by atoms with Crippen molar-refractivity contribution in [3.8, 4) is 5.75 Å². The van der Waals surface area contributed by atoms with E-state index in [2.05, 4.69) is 21.2 Å². The second kappa shape index (κ2) is 10.3. The molecule has 0 aliphatic heterocycles. The van der Waals surface area contributed by atoms with E-state index in [0.717, 1.165) is 21.2 Å². The predicted molar refractivity (Wildman–Crippen MR) is 131 cm³/mol. The van der Waals surface area contributed by atoms with Crippen molar-refractivity contribution < 1.29 is 19.4 Å².